The number of carbonyl (C=O) groups excluding carboxylic acids is 3. The van der Waals surface area contributed by atoms with Crippen LogP contribution < -0.4 is 5.32 Å². The van der Waals surface area contributed by atoms with E-state index in [1.54, 1.807) is 19.1 Å². The van der Waals surface area contributed by atoms with E-state index in [1.165, 1.54) is 0 Å². The van der Waals surface area contributed by atoms with Gasteiger partial charge in [-0.15, -0.1) is 0 Å². The first-order chi connectivity index (χ1) is 8.09. The van der Waals surface area contributed by atoms with E-state index in [0.717, 1.165) is 5.56 Å². The van der Waals surface area contributed by atoms with Crippen LogP contribution in [0.3, 0.4) is 0 Å². The Bertz CT molecular complexity index is 505. The number of fused-ring (bicyclic) bond motifs is 1. The molecular weight excluding hydrogens is 218 g/mol. The molecule has 1 aromatic rings. The zero-order valence-electron chi connectivity index (χ0n) is 9.58. The number of benzene rings is 1. The van der Waals surface area contributed by atoms with Crippen LogP contribution in [0.1, 0.15) is 46.0 Å². The number of nitrogens with one attached hydrogen (secondary N) is 1. The summed E-state index contributed by atoms with van der Waals surface area (Å²) in [7, 11) is 0. The molecule has 0 unspecified atom stereocenters. The van der Waals surface area contributed by atoms with Crippen LogP contribution in [0.2, 0.25) is 0 Å². The van der Waals surface area contributed by atoms with Crippen molar-refractivity contribution in [1.82, 2.24) is 5.32 Å². The molecule has 1 aliphatic heterocycles. The molecule has 17 heavy (non-hydrogen) atoms. The fourth-order valence-electron chi connectivity index (χ4n) is 2.03. The number of aryl methyl sites for hydroxylation is 1. The Hall–Kier alpha value is -1.97. The van der Waals surface area contributed by atoms with E-state index in [9.17, 15) is 14.4 Å². The lowest BCUT2D eigenvalue weighted by molar-refractivity contribution is -0.117. The summed E-state index contributed by atoms with van der Waals surface area (Å²) < 4.78 is 0. The van der Waals surface area contributed by atoms with Crippen LogP contribution in [0, 0.1) is 0 Å². The maximum absolute atomic E-state index is 11.6. The van der Waals surface area contributed by atoms with Crippen molar-refractivity contribution in [3.8, 4) is 0 Å². The molecule has 1 aliphatic rings. The van der Waals surface area contributed by atoms with E-state index >= 15 is 0 Å². The smallest absolute Gasteiger partial charge is 0.259 e. The van der Waals surface area contributed by atoms with Crippen molar-refractivity contribution in [2.24, 2.45) is 0 Å². The second-order valence-corrected chi connectivity index (χ2v) is 4.18. The topological polar surface area (TPSA) is 63.2 Å². The molecule has 0 aromatic heterocycles. The summed E-state index contributed by atoms with van der Waals surface area (Å²) in [6, 6.07) is 5.24. The quantitative estimate of drug-likeness (QED) is 0.798. The molecule has 4 heteroatoms. The predicted molar refractivity (Wildman–Crippen MR) is 61.9 cm³/mol. The molecule has 88 valence electrons. The zero-order chi connectivity index (χ0) is 12.4. The predicted octanol–water partition coefficient (Wildman–Crippen LogP) is 1.48. The Kier molecular flexibility index (Phi) is 3.04. The number of imide groups is 1. The van der Waals surface area contributed by atoms with Gasteiger partial charge in [0, 0.05) is 6.42 Å². The molecule has 1 aromatic carbocycles. The van der Waals surface area contributed by atoms with Crippen LogP contribution in [0.25, 0.3) is 0 Å². The summed E-state index contributed by atoms with van der Waals surface area (Å²) in [6.45, 7) is 1.55. The summed E-state index contributed by atoms with van der Waals surface area (Å²) >= 11 is 0. The van der Waals surface area contributed by atoms with Crippen molar-refractivity contribution in [1.29, 1.82) is 0 Å². The summed E-state index contributed by atoms with van der Waals surface area (Å²) in [6.07, 6.45) is 1.84. The number of hydrogen-bond acceptors (Lipinski definition) is 3. The van der Waals surface area contributed by atoms with E-state index in [1.807, 2.05) is 6.07 Å². The molecule has 2 rings (SSSR count). The Morgan fingerprint density at radius 1 is 1.24 bits per heavy atom. The first kappa shape index (κ1) is 11.5. The van der Waals surface area contributed by atoms with Gasteiger partial charge >= 0.3 is 0 Å². The Morgan fingerprint density at radius 2 is 2.00 bits per heavy atom. The highest BCUT2D eigenvalue weighted by Gasteiger charge is 2.28. The molecule has 0 spiro atoms. The van der Waals surface area contributed by atoms with Gasteiger partial charge in [0.25, 0.3) is 11.8 Å². The Morgan fingerprint density at radius 3 is 2.71 bits per heavy atom. The molecule has 0 saturated carbocycles. The highest BCUT2D eigenvalue weighted by Crippen LogP contribution is 2.21. The molecule has 1 heterocycles. The second-order valence-electron chi connectivity index (χ2n) is 4.18. The molecule has 0 aliphatic carbocycles. The third-order valence-corrected chi connectivity index (χ3v) is 2.82. The molecule has 0 bridgehead atoms. The van der Waals surface area contributed by atoms with Crippen LogP contribution >= 0.6 is 0 Å². The normalized spacial score (nSPS) is 13.5. The summed E-state index contributed by atoms with van der Waals surface area (Å²) in [5.74, 6) is -0.528. The van der Waals surface area contributed by atoms with E-state index in [2.05, 4.69) is 5.32 Å². The van der Waals surface area contributed by atoms with Crippen molar-refractivity contribution >= 4 is 17.6 Å². The van der Waals surface area contributed by atoms with Crippen molar-refractivity contribution in [2.75, 3.05) is 0 Å². The molecule has 0 radical (unpaired) electrons. The standard InChI is InChI=1S/C13H13NO3/c1-8(15)4-2-5-9-6-3-7-10-11(9)13(17)14-12(10)16/h3,6-7H,2,4-5H2,1H3,(H,14,16,17). The van der Waals surface area contributed by atoms with Gasteiger partial charge in [-0.1, -0.05) is 12.1 Å². The number of hydrogen-bond donors (Lipinski definition) is 1. The van der Waals surface area contributed by atoms with Crippen LogP contribution in [-0.2, 0) is 11.2 Å². The van der Waals surface area contributed by atoms with Crippen LogP contribution in [0.5, 0.6) is 0 Å². The Balaban J connectivity index is 2.22. The third kappa shape index (κ3) is 2.25. The molecule has 0 saturated heterocycles. The minimum absolute atomic E-state index is 0.137. The van der Waals surface area contributed by atoms with Crippen LogP contribution in [0.4, 0.5) is 0 Å². The second kappa shape index (κ2) is 4.49. The molecule has 4 nitrogen and oxygen atoms in total. The first-order valence-corrected chi connectivity index (χ1v) is 5.56. The minimum Gasteiger partial charge on any atom is -0.300 e. The lowest BCUT2D eigenvalue weighted by atomic mass is 9.98. The van der Waals surface area contributed by atoms with Gasteiger partial charge in [0.05, 0.1) is 11.1 Å². The van der Waals surface area contributed by atoms with Crippen LogP contribution in [0.15, 0.2) is 18.2 Å². The number of rotatable bonds is 4. The number of amides is 2. The highest BCUT2D eigenvalue weighted by molar-refractivity contribution is 6.22. The van der Waals surface area contributed by atoms with Gasteiger partial charge in [-0.3, -0.25) is 14.9 Å². The van der Waals surface area contributed by atoms with E-state index in [0.29, 0.717) is 30.4 Å². The molecule has 1 N–H and O–H groups in total. The maximum Gasteiger partial charge on any atom is 0.259 e. The average molecular weight is 231 g/mol. The van der Waals surface area contributed by atoms with Crippen molar-refractivity contribution in [3.63, 3.8) is 0 Å². The lowest BCUT2D eigenvalue weighted by Gasteiger charge is -2.04. The van der Waals surface area contributed by atoms with E-state index < -0.39 is 0 Å². The monoisotopic (exact) mass is 231 g/mol. The average Bonchev–Trinajstić information content (AvgIpc) is 2.55. The number of Topliss-reactive ketones (excluding diaryl/α,β-unsaturated/α-hetero) is 1. The van der Waals surface area contributed by atoms with E-state index in [-0.39, 0.29) is 17.6 Å². The third-order valence-electron chi connectivity index (χ3n) is 2.82. The van der Waals surface area contributed by atoms with Crippen molar-refractivity contribution in [3.05, 3.63) is 34.9 Å². The largest absolute Gasteiger partial charge is 0.300 e. The van der Waals surface area contributed by atoms with Gasteiger partial charge in [-0.2, -0.15) is 0 Å². The van der Waals surface area contributed by atoms with Gasteiger partial charge in [-0.25, -0.2) is 0 Å². The minimum atomic E-state index is -0.335. The fraction of sp³-hybridized carbons (Fsp3) is 0.308. The molecule has 2 amide bonds. The maximum atomic E-state index is 11.6. The van der Waals surface area contributed by atoms with E-state index in [4.69, 9.17) is 0 Å². The Labute approximate surface area is 99.0 Å². The lowest BCUT2D eigenvalue weighted by Crippen LogP contribution is -2.20. The van der Waals surface area contributed by atoms with Gasteiger partial charge < -0.3 is 4.79 Å². The first-order valence-electron chi connectivity index (χ1n) is 5.56. The van der Waals surface area contributed by atoms with Gasteiger partial charge in [0.1, 0.15) is 5.78 Å². The molecule has 0 fully saturated rings. The molecular formula is C13H13NO3. The fourth-order valence-corrected chi connectivity index (χ4v) is 2.03. The van der Waals surface area contributed by atoms with Gasteiger partial charge in [0.2, 0.25) is 0 Å². The number of ketones is 1. The number of carbonyl (C=O) groups is 3. The SMILES string of the molecule is CC(=O)CCCc1cccc2c1C(=O)NC2=O. The summed E-state index contributed by atoms with van der Waals surface area (Å²) in [4.78, 5) is 33.9. The van der Waals surface area contributed by atoms with Gasteiger partial charge in [-0.05, 0) is 31.4 Å². The highest BCUT2D eigenvalue weighted by atomic mass is 16.2. The summed E-state index contributed by atoms with van der Waals surface area (Å²) in [5, 5.41) is 2.28. The molecule has 0 atom stereocenters. The van der Waals surface area contributed by atoms with Crippen molar-refractivity contribution < 1.29 is 14.4 Å². The summed E-state index contributed by atoms with van der Waals surface area (Å²) in [5.41, 5.74) is 1.75. The van der Waals surface area contributed by atoms with Crippen molar-refractivity contribution in [2.45, 2.75) is 26.2 Å². The zero-order valence-corrected chi connectivity index (χ0v) is 9.58. The van der Waals surface area contributed by atoms with Crippen LogP contribution in [-0.4, -0.2) is 17.6 Å². The van der Waals surface area contributed by atoms with Gasteiger partial charge in [0.15, 0.2) is 0 Å².